The molecule has 1 aliphatic heterocycles. The molecule has 8 heteroatoms. The van der Waals surface area contributed by atoms with Gasteiger partial charge in [0.25, 0.3) is 0 Å². The minimum atomic E-state index is 0. The van der Waals surface area contributed by atoms with Gasteiger partial charge in [-0.2, -0.15) is 0 Å². The van der Waals surface area contributed by atoms with Crippen LogP contribution in [0.4, 0.5) is 5.69 Å². The van der Waals surface area contributed by atoms with E-state index in [2.05, 4.69) is 32.2 Å². The number of anilines is 1. The highest BCUT2D eigenvalue weighted by molar-refractivity contribution is 14.0. The molecule has 0 saturated carbocycles. The van der Waals surface area contributed by atoms with Crippen molar-refractivity contribution in [1.82, 2.24) is 10.2 Å². The molecule has 1 aliphatic rings. The van der Waals surface area contributed by atoms with Crippen LogP contribution in [0.1, 0.15) is 5.56 Å². The van der Waals surface area contributed by atoms with Gasteiger partial charge in [-0.3, -0.25) is 4.99 Å². The number of nitrogens with zero attached hydrogens (tertiary/aromatic N) is 3. The summed E-state index contributed by atoms with van der Waals surface area (Å²) in [4.78, 5) is 8.99. The van der Waals surface area contributed by atoms with E-state index in [4.69, 9.17) is 9.47 Å². The quantitative estimate of drug-likeness (QED) is 0.365. The third-order valence-electron chi connectivity index (χ3n) is 4.95. The molecule has 7 nitrogen and oxygen atoms in total. The maximum absolute atomic E-state index is 10.1. The van der Waals surface area contributed by atoms with Crippen LogP contribution in [0.2, 0.25) is 0 Å². The van der Waals surface area contributed by atoms with E-state index in [0.29, 0.717) is 6.54 Å². The molecular weight excluding hydrogens is 483 g/mol. The Morgan fingerprint density at radius 1 is 1.00 bits per heavy atom. The third-order valence-corrected chi connectivity index (χ3v) is 4.95. The number of halogens is 1. The maximum Gasteiger partial charge on any atom is 0.194 e. The molecular formula is C21H29IN4O3. The number of hydrogen-bond acceptors (Lipinski definition) is 5. The molecule has 0 atom stereocenters. The molecule has 158 valence electrons. The van der Waals surface area contributed by atoms with E-state index in [1.54, 1.807) is 33.4 Å². The molecule has 1 fully saturated rings. The van der Waals surface area contributed by atoms with Gasteiger partial charge in [0.05, 0.1) is 14.2 Å². The zero-order chi connectivity index (χ0) is 19.9. The van der Waals surface area contributed by atoms with Gasteiger partial charge in [-0.15, -0.1) is 24.0 Å². The lowest BCUT2D eigenvalue weighted by atomic mass is 10.2. The van der Waals surface area contributed by atoms with Crippen molar-refractivity contribution in [1.29, 1.82) is 0 Å². The molecule has 0 aromatic heterocycles. The summed E-state index contributed by atoms with van der Waals surface area (Å²) in [7, 11) is 5.08. The predicted octanol–water partition coefficient (Wildman–Crippen LogP) is 2.93. The zero-order valence-electron chi connectivity index (χ0n) is 17.1. The van der Waals surface area contributed by atoms with Crippen LogP contribution in [0.5, 0.6) is 17.2 Å². The fourth-order valence-corrected chi connectivity index (χ4v) is 3.31. The van der Waals surface area contributed by atoms with Crippen LogP contribution >= 0.6 is 24.0 Å². The number of aliphatic imine (C=N–C) groups is 1. The Labute approximate surface area is 189 Å². The molecule has 2 aromatic rings. The Morgan fingerprint density at radius 2 is 1.62 bits per heavy atom. The molecule has 0 bridgehead atoms. The Morgan fingerprint density at radius 3 is 2.21 bits per heavy atom. The van der Waals surface area contributed by atoms with Crippen molar-refractivity contribution in [2.75, 3.05) is 52.3 Å². The number of guanidine groups is 1. The van der Waals surface area contributed by atoms with Crippen molar-refractivity contribution >= 4 is 35.6 Å². The van der Waals surface area contributed by atoms with Crippen molar-refractivity contribution in [3.8, 4) is 17.2 Å². The van der Waals surface area contributed by atoms with Crippen LogP contribution in [0.25, 0.3) is 0 Å². The van der Waals surface area contributed by atoms with E-state index in [-0.39, 0.29) is 29.7 Å². The number of aromatic hydroxyl groups is 1. The molecule has 29 heavy (non-hydrogen) atoms. The van der Waals surface area contributed by atoms with Gasteiger partial charge in [0.15, 0.2) is 5.96 Å². The molecule has 1 heterocycles. The van der Waals surface area contributed by atoms with Gasteiger partial charge in [-0.05, 0) is 42.5 Å². The lowest BCUT2D eigenvalue weighted by molar-refractivity contribution is 0.371. The summed E-state index contributed by atoms with van der Waals surface area (Å²) in [5, 5.41) is 13.4. The van der Waals surface area contributed by atoms with Crippen LogP contribution in [-0.2, 0) is 6.54 Å². The fourth-order valence-electron chi connectivity index (χ4n) is 3.31. The summed E-state index contributed by atoms with van der Waals surface area (Å²) in [6.07, 6.45) is 0. The minimum Gasteiger partial charge on any atom is -0.508 e. The van der Waals surface area contributed by atoms with Crippen molar-refractivity contribution in [2.45, 2.75) is 6.54 Å². The highest BCUT2D eigenvalue weighted by atomic mass is 127. The third kappa shape index (κ3) is 5.81. The van der Waals surface area contributed by atoms with E-state index in [9.17, 15) is 5.11 Å². The maximum atomic E-state index is 10.1. The molecule has 3 rings (SSSR count). The van der Waals surface area contributed by atoms with Crippen molar-refractivity contribution in [3.63, 3.8) is 0 Å². The normalized spacial score (nSPS) is 14.2. The Hall–Kier alpha value is -2.36. The number of methoxy groups -OCH3 is 2. The smallest absolute Gasteiger partial charge is 0.194 e. The number of ether oxygens (including phenoxy) is 2. The predicted molar refractivity (Wildman–Crippen MR) is 127 cm³/mol. The van der Waals surface area contributed by atoms with Crippen molar-refractivity contribution < 1.29 is 14.6 Å². The summed E-state index contributed by atoms with van der Waals surface area (Å²) in [6, 6.07) is 13.4. The largest absolute Gasteiger partial charge is 0.508 e. The molecule has 2 aromatic carbocycles. The van der Waals surface area contributed by atoms with Gasteiger partial charge in [-0.25, -0.2) is 0 Å². The average Bonchev–Trinajstić information content (AvgIpc) is 2.76. The Bertz CT molecular complexity index is 806. The first-order valence-electron chi connectivity index (χ1n) is 9.35. The first kappa shape index (κ1) is 22.9. The standard InChI is InChI=1S/C21H28N4O3.HI/c1-22-21(23-15-16-14-19(28-3)8-9-20(16)26)25-12-10-24(11-13-25)17-4-6-18(27-2)7-5-17;/h4-9,14,26H,10-13,15H2,1-3H3,(H,22,23);1H. The molecule has 0 spiro atoms. The van der Waals surface area contributed by atoms with E-state index in [1.807, 2.05) is 18.2 Å². The highest BCUT2D eigenvalue weighted by Gasteiger charge is 2.20. The first-order chi connectivity index (χ1) is 13.6. The molecule has 2 N–H and O–H groups in total. The summed E-state index contributed by atoms with van der Waals surface area (Å²) >= 11 is 0. The lowest BCUT2D eigenvalue weighted by Gasteiger charge is -2.37. The topological polar surface area (TPSA) is 69.6 Å². The number of phenolic OH excluding ortho intramolecular Hbond substituents is 1. The second-order valence-corrected chi connectivity index (χ2v) is 6.57. The van der Waals surface area contributed by atoms with Gasteiger partial charge in [0.2, 0.25) is 0 Å². The Kier molecular flexibility index (Phi) is 8.69. The number of benzene rings is 2. The molecule has 0 radical (unpaired) electrons. The number of hydrogen-bond donors (Lipinski definition) is 2. The van der Waals surface area contributed by atoms with Crippen LogP contribution in [-0.4, -0.2) is 63.4 Å². The monoisotopic (exact) mass is 512 g/mol. The van der Waals surface area contributed by atoms with E-state index in [1.165, 1.54) is 5.69 Å². The van der Waals surface area contributed by atoms with Gasteiger partial charge in [-0.1, -0.05) is 0 Å². The summed E-state index contributed by atoms with van der Waals surface area (Å²) in [5.74, 6) is 2.66. The number of nitrogens with one attached hydrogen (secondary N) is 1. The fraction of sp³-hybridized carbons (Fsp3) is 0.381. The molecule has 1 saturated heterocycles. The minimum absolute atomic E-state index is 0. The molecule has 0 amide bonds. The Balaban J connectivity index is 0.00000300. The van der Waals surface area contributed by atoms with Gasteiger partial charge >= 0.3 is 0 Å². The van der Waals surface area contributed by atoms with Crippen molar-refractivity contribution in [3.05, 3.63) is 48.0 Å². The van der Waals surface area contributed by atoms with Gasteiger partial charge in [0.1, 0.15) is 17.2 Å². The van der Waals surface area contributed by atoms with E-state index < -0.39 is 0 Å². The first-order valence-corrected chi connectivity index (χ1v) is 9.35. The van der Waals surface area contributed by atoms with Crippen LogP contribution in [0, 0.1) is 0 Å². The molecule has 0 unspecified atom stereocenters. The summed E-state index contributed by atoms with van der Waals surface area (Å²) in [6.45, 7) is 4.05. The summed E-state index contributed by atoms with van der Waals surface area (Å²) in [5.41, 5.74) is 1.97. The van der Waals surface area contributed by atoms with E-state index in [0.717, 1.165) is 49.2 Å². The van der Waals surface area contributed by atoms with Crippen LogP contribution < -0.4 is 19.7 Å². The average molecular weight is 512 g/mol. The highest BCUT2D eigenvalue weighted by Crippen LogP contribution is 2.23. The molecule has 0 aliphatic carbocycles. The number of rotatable bonds is 5. The van der Waals surface area contributed by atoms with Gasteiger partial charge in [0, 0.05) is 51.0 Å². The number of phenols is 1. The van der Waals surface area contributed by atoms with Gasteiger partial charge < -0.3 is 29.7 Å². The van der Waals surface area contributed by atoms with E-state index >= 15 is 0 Å². The summed E-state index contributed by atoms with van der Waals surface area (Å²) < 4.78 is 10.5. The van der Waals surface area contributed by atoms with Crippen LogP contribution in [0.15, 0.2) is 47.5 Å². The second kappa shape index (κ2) is 11.0. The zero-order valence-corrected chi connectivity index (χ0v) is 19.4. The second-order valence-electron chi connectivity index (χ2n) is 6.57. The SMILES string of the molecule is CN=C(NCc1cc(OC)ccc1O)N1CCN(c2ccc(OC)cc2)CC1.I. The number of piperazine rings is 1. The lowest BCUT2D eigenvalue weighted by Crippen LogP contribution is -2.52. The van der Waals surface area contributed by atoms with Crippen molar-refractivity contribution in [2.24, 2.45) is 4.99 Å². The van der Waals surface area contributed by atoms with Crippen LogP contribution in [0.3, 0.4) is 0 Å².